The number of fused-ring (bicyclic) bond motifs is 9. The lowest BCUT2D eigenvalue weighted by atomic mass is 9.96. The average molecular weight is 732 g/mol. The number of rotatable bonds is 5. The van der Waals surface area contributed by atoms with Gasteiger partial charge >= 0.3 is 0 Å². The van der Waals surface area contributed by atoms with E-state index in [9.17, 15) is 0 Å². The Bertz CT molecular complexity index is 3470. The smallest absolute Gasteiger partial charge is 0.164 e. The van der Waals surface area contributed by atoms with Crippen LogP contribution in [0.4, 0.5) is 0 Å². The summed E-state index contributed by atoms with van der Waals surface area (Å²) in [6.07, 6.45) is 0. The van der Waals surface area contributed by atoms with Gasteiger partial charge in [-0.1, -0.05) is 140 Å². The highest BCUT2D eigenvalue weighted by Crippen LogP contribution is 2.44. The highest BCUT2D eigenvalue weighted by atomic mass is 16.3. The molecule has 0 aliphatic heterocycles. The van der Waals surface area contributed by atoms with Gasteiger partial charge in [0.25, 0.3) is 0 Å². The predicted molar refractivity (Wildman–Crippen MR) is 229 cm³/mol. The molecule has 266 valence electrons. The van der Waals surface area contributed by atoms with Crippen molar-refractivity contribution in [3.63, 3.8) is 0 Å². The molecule has 12 aromatic rings. The first-order chi connectivity index (χ1) is 28.2. The largest absolute Gasteiger partial charge is 0.456 e. The Morgan fingerprint density at radius 3 is 1.40 bits per heavy atom. The highest BCUT2D eigenvalue weighted by molar-refractivity contribution is 6.16. The van der Waals surface area contributed by atoms with E-state index < -0.39 is 0 Å². The van der Waals surface area contributed by atoms with Crippen LogP contribution in [0.3, 0.4) is 0 Å². The molecule has 0 radical (unpaired) electrons. The van der Waals surface area contributed by atoms with E-state index in [-0.39, 0.29) is 0 Å². The number of hydrogen-bond acceptors (Lipinski definition) is 6. The van der Waals surface area contributed by atoms with Crippen LogP contribution in [0.5, 0.6) is 0 Å². The van der Waals surface area contributed by atoms with Crippen molar-refractivity contribution in [1.29, 1.82) is 0 Å². The Kier molecular flexibility index (Phi) is 6.83. The van der Waals surface area contributed by atoms with Crippen molar-refractivity contribution in [2.75, 3.05) is 0 Å². The number of para-hydroxylation sites is 4. The van der Waals surface area contributed by atoms with E-state index in [1.165, 1.54) is 0 Å². The average Bonchev–Trinajstić information content (AvgIpc) is 3.97. The Morgan fingerprint density at radius 2 is 0.789 bits per heavy atom. The van der Waals surface area contributed by atoms with E-state index in [0.717, 1.165) is 99.2 Å². The lowest BCUT2D eigenvalue weighted by molar-refractivity contribution is 0.668. The van der Waals surface area contributed by atoms with Crippen LogP contribution < -0.4 is 0 Å². The zero-order chi connectivity index (χ0) is 37.5. The molecular weight excluding hydrogens is 703 g/mol. The summed E-state index contributed by atoms with van der Waals surface area (Å²) in [5, 5.41) is 6.18. The molecule has 6 heteroatoms. The van der Waals surface area contributed by atoms with E-state index >= 15 is 0 Å². The van der Waals surface area contributed by atoms with Gasteiger partial charge in [-0.2, -0.15) is 0 Å². The van der Waals surface area contributed by atoms with Crippen LogP contribution in [0.25, 0.3) is 122 Å². The molecule has 6 nitrogen and oxygen atoms in total. The van der Waals surface area contributed by atoms with E-state index in [1.54, 1.807) is 0 Å². The van der Waals surface area contributed by atoms with Crippen molar-refractivity contribution in [3.8, 4) is 56.4 Å². The predicted octanol–water partition coefficient (Wildman–Crippen LogP) is 13.9. The zero-order valence-corrected chi connectivity index (χ0v) is 30.3. The summed E-state index contributed by atoms with van der Waals surface area (Å²) in [5.41, 5.74) is 11.3. The van der Waals surface area contributed by atoms with Gasteiger partial charge in [0.2, 0.25) is 0 Å². The lowest BCUT2D eigenvalue weighted by Crippen LogP contribution is -2.00. The van der Waals surface area contributed by atoms with Crippen molar-refractivity contribution in [3.05, 3.63) is 176 Å². The molecule has 4 heterocycles. The molecule has 0 atom stereocenters. The molecule has 0 aliphatic carbocycles. The van der Waals surface area contributed by atoms with E-state index in [1.807, 2.05) is 97.1 Å². The summed E-state index contributed by atoms with van der Waals surface area (Å²) in [7, 11) is 0. The third-order valence-electron chi connectivity index (χ3n) is 10.9. The van der Waals surface area contributed by atoms with E-state index in [2.05, 4.69) is 78.9 Å². The number of hydrogen-bond donors (Lipinski definition) is 0. The summed E-state index contributed by atoms with van der Waals surface area (Å²) >= 11 is 0. The second-order valence-electron chi connectivity index (χ2n) is 14.3. The van der Waals surface area contributed by atoms with Gasteiger partial charge in [-0.3, -0.25) is 0 Å². The van der Waals surface area contributed by atoms with Crippen LogP contribution in [0.2, 0.25) is 0 Å². The van der Waals surface area contributed by atoms with Crippen molar-refractivity contribution in [2.45, 2.75) is 0 Å². The topological polar surface area (TPSA) is 78.1 Å². The van der Waals surface area contributed by atoms with Gasteiger partial charge in [0, 0.05) is 60.1 Å². The molecule has 0 bridgehead atoms. The summed E-state index contributed by atoms with van der Waals surface area (Å²) in [5.74, 6) is 1.72. The summed E-state index contributed by atoms with van der Waals surface area (Å²) in [4.78, 5) is 15.4. The number of benzene rings is 8. The standard InChI is InChI=1S/C51H29N3O3/c1-3-13-30(14-4-1)49-52-50(31-15-5-2-6-16-31)54-51(53-49)41-27-33(35-20-12-22-39-37-18-8-10-24-43(37)57-48(35)39)29-45-46(41)40-26-25-32(28-44(40)55-45)34-19-11-21-38-36-17-7-9-23-42(36)56-47(34)38/h1-29H. The maximum atomic E-state index is 6.88. The monoisotopic (exact) mass is 731 g/mol. The second-order valence-corrected chi connectivity index (χ2v) is 14.3. The van der Waals surface area contributed by atoms with Crippen molar-refractivity contribution in [1.82, 2.24) is 15.0 Å². The molecule has 0 amide bonds. The van der Waals surface area contributed by atoms with Crippen LogP contribution >= 0.6 is 0 Å². The Labute approximate surface area is 325 Å². The van der Waals surface area contributed by atoms with Gasteiger partial charge in [-0.25, -0.2) is 15.0 Å². The lowest BCUT2D eigenvalue weighted by Gasteiger charge is -2.11. The summed E-state index contributed by atoms with van der Waals surface area (Å²) in [6.45, 7) is 0. The quantitative estimate of drug-likeness (QED) is 0.175. The molecule has 0 fully saturated rings. The maximum absolute atomic E-state index is 6.88. The van der Waals surface area contributed by atoms with Crippen LogP contribution in [0, 0.1) is 0 Å². The fourth-order valence-electron chi connectivity index (χ4n) is 8.28. The number of aromatic nitrogens is 3. The number of furan rings is 3. The van der Waals surface area contributed by atoms with Crippen molar-refractivity contribution < 1.29 is 13.3 Å². The van der Waals surface area contributed by atoms with Crippen molar-refractivity contribution in [2.24, 2.45) is 0 Å². The van der Waals surface area contributed by atoms with Crippen LogP contribution in [0.15, 0.2) is 189 Å². The minimum Gasteiger partial charge on any atom is -0.456 e. The van der Waals surface area contributed by atoms with Crippen LogP contribution in [0.1, 0.15) is 0 Å². The first-order valence-corrected chi connectivity index (χ1v) is 18.9. The molecule has 0 unspecified atom stereocenters. The van der Waals surface area contributed by atoms with Gasteiger partial charge in [0.05, 0.1) is 0 Å². The minimum absolute atomic E-state index is 0.546. The molecule has 0 aliphatic rings. The van der Waals surface area contributed by atoms with Crippen LogP contribution in [-0.4, -0.2) is 15.0 Å². The minimum atomic E-state index is 0.546. The third-order valence-corrected chi connectivity index (χ3v) is 10.9. The molecular formula is C51H29N3O3. The molecule has 0 saturated heterocycles. The van der Waals surface area contributed by atoms with E-state index in [0.29, 0.717) is 23.1 Å². The highest BCUT2D eigenvalue weighted by Gasteiger charge is 2.22. The summed E-state index contributed by atoms with van der Waals surface area (Å²) in [6, 6.07) is 59.7. The molecule has 4 aromatic heterocycles. The fourth-order valence-corrected chi connectivity index (χ4v) is 8.28. The summed E-state index contributed by atoms with van der Waals surface area (Å²) < 4.78 is 19.9. The molecule has 0 saturated carbocycles. The van der Waals surface area contributed by atoms with Crippen LogP contribution in [-0.2, 0) is 0 Å². The van der Waals surface area contributed by atoms with Crippen molar-refractivity contribution >= 4 is 65.8 Å². The Balaban J connectivity index is 1.13. The molecule has 8 aromatic carbocycles. The SMILES string of the molecule is c1ccc(-c2nc(-c3ccccc3)nc(-c3cc(-c4cccc5c4oc4ccccc45)cc4oc5cc(-c6cccc7c6oc6ccccc67)ccc5c34)n2)cc1. The Morgan fingerprint density at radius 1 is 0.281 bits per heavy atom. The van der Waals surface area contributed by atoms with Gasteiger partial charge in [-0.15, -0.1) is 0 Å². The first-order valence-electron chi connectivity index (χ1n) is 18.9. The first kappa shape index (κ1) is 31.5. The van der Waals surface area contributed by atoms with E-state index in [4.69, 9.17) is 28.2 Å². The second kappa shape index (κ2) is 12.3. The number of nitrogens with zero attached hydrogens (tertiary/aromatic N) is 3. The third kappa shape index (κ3) is 5.01. The Hall–Kier alpha value is -7.83. The fraction of sp³-hybridized carbons (Fsp3) is 0. The molecule has 12 rings (SSSR count). The molecule has 0 spiro atoms. The molecule has 57 heavy (non-hydrogen) atoms. The zero-order valence-electron chi connectivity index (χ0n) is 30.3. The normalized spacial score (nSPS) is 11.9. The van der Waals surface area contributed by atoms with Gasteiger partial charge in [0.1, 0.15) is 33.5 Å². The van der Waals surface area contributed by atoms with Gasteiger partial charge in [0.15, 0.2) is 17.5 Å². The van der Waals surface area contributed by atoms with Gasteiger partial charge < -0.3 is 13.3 Å². The van der Waals surface area contributed by atoms with Gasteiger partial charge in [-0.05, 0) is 47.5 Å². The maximum Gasteiger partial charge on any atom is 0.164 e. The molecule has 0 N–H and O–H groups in total.